The Balaban J connectivity index is 2.53. The lowest BCUT2D eigenvalue weighted by atomic mass is 9.62. The van der Waals surface area contributed by atoms with Crippen LogP contribution in [0.25, 0.3) is 0 Å². The van der Waals surface area contributed by atoms with Crippen molar-refractivity contribution in [3.63, 3.8) is 0 Å². The van der Waals surface area contributed by atoms with Gasteiger partial charge in [0.05, 0.1) is 17.9 Å². The van der Waals surface area contributed by atoms with Gasteiger partial charge < -0.3 is 18.5 Å². The SMILES string of the molecule is CCCCN(C)C(=O)C[C@@H](C[C@@H](CC[C@@H]1[C@@H]2C(=C[C@H](C)[C@@H](C)[C@@H]2OC(=O)C(C)(C)CC)C=C[C@@H]1C)O[Si](C)(C)C(C)(C)C)O[Si](C)(C)C(C)(C)C. The molecule has 0 saturated carbocycles. The highest BCUT2D eigenvalue weighted by atomic mass is 28.4. The zero-order valence-electron chi connectivity index (χ0n) is 36.5. The maximum atomic E-state index is 13.7. The van der Waals surface area contributed by atoms with Gasteiger partial charge >= 0.3 is 5.97 Å². The molecule has 0 spiro atoms. The van der Waals surface area contributed by atoms with E-state index in [0.29, 0.717) is 30.6 Å². The highest BCUT2D eigenvalue weighted by Gasteiger charge is 2.47. The molecule has 6 nitrogen and oxygen atoms in total. The largest absolute Gasteiger partial charge is 0.461 e. The highest BCUT2D eigenvalue weighted by molar-refractivity contribution is 6.74. The first kappa shape index (κ1) is 45.9. The number of hydrogen-bond acceptors (Lipinski definition) is 5. The molecule has 0 aliphatic heterocycles. The Kier molecular flexibility index (Phi) is 16.2. The van der Waals surface area contributed by atoms with Crippen LogP contribution in [0.4, 0.5) is 0 Å². The maximum absolute atomic E-state index is 13.7. The number of rotatable bonds is 17. The number of allylic oxidation sites excluding steroid dienone is 3. The number of esters is 1. The van der Waals surface area contributed by atoms with Gasteiger partial charge in [-0.3, -0.25) is 9.59 Å². The fourth-order valence-corrected chi connectivity index (χ4v) is 9.72. The first-order valence-corrected chi connectivity index (χ1v) is 26.2. The van der Waals surface area contributed by atoms with Crippen LogP contribution in [0.3, 0.4) is 0 Å². The number of fused-ring (bicyclic) bond motifs is 1. The van der Waals surface area contributed by atoms with Gasteiger partial charge in [-0.2, -0.15) is 0 Å². The number of carbonyl (C=O) groups excluding carboxylic acids is 2. The van der Waals surface area contributed by atoms with Gasteiger partial charge in [0.2, 0.25) is 5.91 Å². The van der Waals surface area contributed by atoms with E-state index in [1.54, 1.807) is 0 Å². The first-order valence-electron chi connectivity index (χ1n) is 20.4. The standard InChI is InChI=1S/C43H81NO5Si2/c1-19-21-26-44(14)37(45)29-35(49-51(17,18)42(9,10)11)28-34(48-50(15,16)41(6,7)8)24-25-36-30(3)22-23-33-27-31(4)32(5)39(38(33)36)47-40(46)43(12,13)20-2/h22-23,27,30-32,34-36,38-39H,19-21,24-26,28-29H2,1-18H3/t30-,31-,32+,34+,35+,36-,38-,39-/m0/s1. The topological polar surface area (TPSA) is 65.1 Å². The summed E-state index contributed by atoms with van der Waals surface area (Å²) in [5.74, 6) is 1.43. The third-order valence-corrected chi connectivity index (χ3v) is 22.6. The van der Waals surface area contributed by atoms with Crippen molar-refractivity contribution in [2.24, 2.45) is 35.0 Å². The van der Waals surface area contributed by atoms with Crippen molar-refractivity contribution in [3.05, 3.63) is 23.8 Å². The summed E-state index contributed by atoms with van der Waals surface area (Å²) in [6, 6.07) is 0. The van der Waals surface area contributed by atoms with Crippen LogP contribution >= 0.6 is 0 Å². The average molecular weight is 748 g/mol. The summed E-state index contributed by atoms with van der Waals surface area (Å²) in [5.41, 5.74) is 0.802. The molecule has 2 aliphatic rings. The molecule has 0 aromatic rings. The minimum atomic E-state index is -2.18. The van der Waals surface area contributed by atoms with E-state index in [9.17, 15) is 9.59 Å². The van der Waals surface area contributed by atoms with E-state index >= 15 is 0 Å². The third-order valence-electron chi connectivity index (χ3n) is 13.5. The van der Waals surface area contributed by atoms with E-state index < -0.39 is 22.0 Å². The van der Waals surface area contributed by atoms with Gasteiger partial charge in [0.15, 0.2) is 16.6 Å². The second-order valence-electron chi connectivity index (χ2n) is 20.1. The van der Waals surface area contributed by atoms with E-state index in [0.717, 1.165) is 38.6 Å². The minimum Gasteiger partial charge on any atom is -0.461 e. The third kappa shape index (κ3) is 12.1. The molecular formula is C43H81NO5Si2. The molecule has 51 heavy (non-hydrogen) atoms. The van der Waals surface area contributed by atoms with Crippen LogP contribution in [0.15, 0.2) is 23.8 Å². The fraction of sp³-hybridized carbons (Fsp3) is 0.860. The molecule has 0 aromatic heterocycles. The Labute approximate surface area is 317 Å². The number of ether oxygens (including phenoxy) is 1. The monoisotopic (exact) mass is 748 g/mol. The lowest BCUT2D eigenvalue weighted by molar-refractivity contribution is -0.168. The average Bonchev–Trinajstić information content (AvgIpc) is 2.99. The van der Waals surface area contributed by atoms with Crippen molar-refractivity contribution in [3.8, 4) is 0 Å². The zero-order valence-corrected chi connectivity index (χ0v) is 38.5. The van der Waals surface area contributed by atoms with Gasteiger partial charge in [-0.05, 0) is 111 Å². The smallest absolute Gasteiger partial charge is 0.311 e. The predicted molar refractivity (Wildman–Crippen MR) is 221 cm³/mol. The van der Waals surface area contributed by atoms with Crippen molar-refractivity contribution < 1.29 is 23.2 Å². The van der Waals surface area contributed by atoms with Crippen LogP contribution in [-0.2, 0) is 23.2 Å². The van der Waals surface area contributed by atoms with Gasteiger partial charge in [0, 0.05) is 25.6 Å². The molecule has 0 N–H and O–H groups in total. The van der Waals surface area contributed by atoms with Gasteiger partial charge in [-0.1, -0.05) is 101 Å². The lowest BCUT2D eigenvalue weighted by Crippen LogP contribution is -2.49. The molecule has 1 amide bonds. The molecule has 0 unspecified atom stereocenters. The number of unbranched alkanes of at least 4 members (excludes halogenated alkanes) is 1. The Morgan fingerprint density at radius 3 is 1.92 bits per heavy atom. The highest BCUT2D eigenvalue weighted by Crippen LogP contribution is 2.48. The number of nitrogens with zero attached hydrogens (tertiary/aromatic N) is 1. The fourth-order valence-electron chi connectivity index (χ4n) is 6.95. The summed E-state index contributed by atoms with van der Waals surface area (Å²) in [7, 11) is -2.41. The molecule has 0 radical (unpaired) electrons. The van der Waals surface area contributed by atoms with Crippen LogP contribution in [-0.4, -0.2) is 65.3 Å². The summed E-state index contributed by atoms with van der Waals surface area (Å²) in [5, 5.41) is 0.0761. The van der Waals surface area contributed by atoms with E-state index in [-0.39, 0.29) is 52.1 Å². The van der Waals surface area contributed by atoms with Gasteiger partial charge in [-0.15, -0.1) is 0 Å². The van der Waals surface area contributed by atoms with Gasteiger partial charge in [-0.25, -0.2) is 0 Å². The molecule has 2 rings (SSSR count). The normalized spacial score (nSPS) is 25.9. The summed E-state index contributed by atoms with van der Waals surface area (Å²) < 4.78 is 21.0. The van der Waals surface area contributed by atoms with Crippen LogP contribution in [0.1, 0.15) is 135 Å². The van der Waals surface area contributed by atoms with Crippen molar-refractivity contribution in [2.75, 3.05) is 13.6 Å². The summed E-state index contributed by atoms with van der Waals surface area (Å²) in [4.78, 5) is 29.1. The molecule has 8 heteroatoms. The summed E-state index contributed by atoms with van der Waals surface area (Å²) >= 11 is 0. The molecule has 296 valence electrons. The second-order valence-corrected chi connectivity index (χ2v) is 29.6. The molecule has 0 bridgehead atoms. The van der Waals surface area contributed by atoms with Crippen LogP contribution in [0.2, 0.25) is 36.3 Å². The van der Waals surface area contributed by atoms with Crippen molar-refractivity contribution in [2.45, 2.75) is 190 Å². The van der Waals surface area contributed by atoms with Crippen LogP contribution in [0, 0.1) is 35.0 Å². The predicted octanol–water partition coefficient (Wildman–Crippen LogP) is 11.6. The number of amides is 1. The van der Waals surface area contributed by atoms with Crippen molar-refractivity contribution in [1.82, 2.24) is 4.90 Å². The van der Waals surface area contributed by atoms with E-state index in [1.807, 2.05) is 25.8 Å². The first-order chi connectivity index (χ1) is 23.2. The maximum Gasteiger partial charge on any atom is 0.311 e. The quantitative estimate of drug-likeness (QED) is 0.109. The molecule has 0 aromatic carbocycles. The van der Waals surface area contributed by atoms with Gasteiger partial charge in [0.1, 0.15) is 6.10 Å². The summed E-state index contributed by atoms with van der Waals surface area (Å²) in [6.45, 7) is 38.9. The number of hydrogen-bond donors (Lipinski definition) is 0. The van der Waals surface area contributed by atoms with E-state index in [2.05, 4.69) is 121 Å². The summed E-state index contributed by atoms with van der Waals surface area (Å²) in [6.07, 6.45) is 12.4. The molecule has 8 atom stereocenters. The second kappa shape index (κ2) is 17.9. The Morgan fingerprint density at radius 1 is 0.863 bits per heavy atom. The van der Waals surface area contributed by atoms with E-state index in [1.165, 1.54) is 5.57 Å². The lowest BCUT2D eigenvalue weighted by Gasteiger charge is -2.47. The van der Waals surface area contributed by atoms with Crippen LogP contribution in [0.5, 0.6) is 0 Å². The zero-order chi connectivity index (χ0) is 39.3. The Bertz CT molecular complexity index is 1210. The van der Waals surface area contributed by atoms with Crippen molar-refractivity contribution >= 4 is 28.5 Å². The molecule has 0 fully saturated rings. The Morgan fingerprint density at radius 2 is 1.41 bits per heavy atom. The minimum absolute atomic E-state index is 0.0262. The van der Waals surface area contributed by atoms with Crippen molar-refractivity contribution in [1.29, 1.82) is 0 Å². The molecule has 2 aliphatic carbocycles. The molecular weight excluding hydrogens is 667 g/mol. The van der Waals surface area contributed by atoms with Crippen LogP contribution < -0.4 is 0 Å². The number of carbonyl (C=O) groups is 2. The molecule has 0 saturated heterocycles. The van der Waals surface area contributed by atoms with Gasteiger partial charge in [0.25, 0.3) is 0 Å². The Hall–Kier alpha value is -1.23. The molecule has 0 heterocycles. The van der Waals surface area contributed by atoms with E-state index in [4.69, 9.17) is 13.6 Å².